The van der Waals surface area contributed by atoms with Gasteiger partial charge in [0.1, 0.15) is 0 Å². The number of aliphatic hydroxyl groups is 1. The zero-order chi connectivity index (χ0) is 18.5. The Kier molecular flexibility index (Phi) is 4.22. The molecule has 4 heteroatoms. The van der Waals surface area contributed by atoms with Gasteiger partial charge in [-0.3, -0.25) is 9.59 Å². The van der Waals surface area contributed by atoms with Crippen molar-refractivity contribution in [3.8, 4) is 0 Å². The average molecular weight is 356 g/mol. The summed E-state index contributed by atoms with van der Waals surface area (Å²) in [6, 6.07) is 7.49. The second-order valence-corrected chi connectivity index (χ2v) is 8.93. The van der Waals surface area contributed by atoms with Gasteiger partial charge in [0.25, 0.3) is 0 Å². The third kappa shape index (κ3) is 2.98. The molecule has 4 aliphatic carbocycles. The molecule has 26 heavy (non-hydrogen) atoms. The van der Waals surface area contributed by atoms with Crippen molar-refractivity contribution in [2.24, 2.45) is 17.3 Å². The lowest BCUT2D eigenvalue weighted by molar-refractivity contribution is -0.197. The fraction of sp³-hybridized carbons (Fsp3) is 0.636. The van der Waals surface area contributed by atoms with Gasteiger partial charge < -0.3 is 9.84 Å². The number of hydrogen-bond acceptors (Lipinski definition) is 4. The third-order valence-electron chi connectivity index (χ3n) is 6.76. The van der Waals surface area contributed by atoms with Gasteiger partial charge in [-0.2, -0.15) is 0 Å². The van der Waals surface area contributed by atoms with Gasteiger partial charge in [0.2, 0.25) is 5.78 Å². The summed E-state index contributed by atoms with van der Waals surface area (Å²) in [5.74, 6) is 0.392. The molecular formula is C22H28O4. The summed E-state index contributed by atoms with van der Waals surface area (Å²) in [7, 11) is 0. The SMILES string of the molecule is CCc1ccc(C(=O)[C@H](C)OC(=O)C23C[C@@H]4C[C@@H](CC(O)(C4)C2)C3)cc1. The van der Waals surface area contributed by atoms with Gasteiger partial charge in [0.15, 0.2) is 6.10 Å². The van der Waals surface area contributed by atoms with E-state index in [2.05, 4.69) is 6.92 Å². The van der Waals surface area contributed by atoms with E-state index in [0.717, 1.165) is 38.5 Å². The van der Waals surface area contributed by atoms with Crippen LogP contribution in [0.3, 0.4) is 0 Å². The van der Waals surface area contributed by atoms with Crippen molar-refractivity contribution in [1.82, 2.24) is 0 Å². The predicted octanol–water partition coefficient (Wildman–Crippen LogP) is 3.69. The maximum Gasteiger partial charge on any atom is 0.312 e. The van der Waals surface area contributed by atoms with Crippen molar-refractivity contribution in [3.05, 3.63) is 35.4 Å². The van der Waals surface area contributed by atoms with Gasteiger partial charge in [-0.15, -0.1) is 0 Å². The number of aryl methyl sites for hydroxylation is 1. The van der Waals surface area contributed by atoms with Crippen LogP contribution < -0.4 is 0 Å². The van der Waals surface area contributed by atoms with Gasteiger partial charge in [0.05, 0.1) is 11.0 Å². The van der Waals surface area contributed by atoms with Crippen LogP contribution in [0.25, 0.3) is 0 Å². The Morgan fingerprint density at radius 1 is 1.15 bits per heavy atom. The maximum absolute atomic E-state index is 13.0. The minimum Gasteiger partial charge on any atom is -0.454 e. The quantitative estimate of drug-likeness (QED) is 0.645. The van der Waals surface area contributed by atoms with Crippen LogP contribution in [0.1, 0.15) is 68.3 Å². The molecule has 5 rings (SSSR count). The summed E-state index contributed by atoms with van der Waals surface area (Å²) in [5, 5.41) is 10.8. The molecule has 0 heterocycles. The van der Waals surface area contributed by atoms with Crippen LogP contribution in [0.5, 0.6) is 0 Å². The highest BCUT2D eigenvalue weighted by Gasteiger charge is 2.61. The van der Waals surface area contributed by atoms with Gasteiger partial charge >= 0.3 is 5.97 Å². The molecule has 1 aromatic carbocycles. The molecule has 0 amide bonds. The highest BCUT2D eigenvalue weighted by molar-refractivity contribution is 6.00. The number of ketones is 1. The average Bonchev–Trinajstić information content (AvgIpc) is 2.59. The molecule has 0 aliphatic heterocycles. The first-order chi connectivity index (χ1) is 12.3. The van der Waals surface area contributed by atoms with Crippen molar-refractivity contribution in [1.29, 1.82) is 0 Å². The van der Waals surface area contributed by atoms with Gasteiger partial charge in [-0.1, -0.05) is 31.2 Å². The maximum atomic E-state index is 13.0. The van der Waals surface area contributed by atoms with Crippen molar-refractivity contribution >= 4 is 11.8 Å². The minimum absolute atomic E-state index is 0.163. The van der Waals surface area contributed by atoms with Gasteiger partial charge in [-0.05, 0) is 69.3 Å². The molecule has 0 saturated heterocycles. The lowest BCUT2D eigenvalue weighted by Gasteiger charge is -2.58. The second-order valence-electron chi connectivity index (χ2n) is 8.93. The van der Waals surface area contributed by atoms with Crippen LogP contribution >= 0.6 is 0 Å². The Balaban J connectivity index is 1.46. The van der Waals surface area contributed by atoms with E-state index in [1.54, 1.807) is 19.1 Å². The number of rotatable bonds is 5. The smallest absolute Gasteiger partial charge is 0.312 e. The summed E-state index contributed by atoms with van der Waals surface area (Å²) >= 11 is 0. The summed E-state index contributed by atoms with van der Waals surface area (Å²) in [4.78, 5) is 25.6. The summed E-state index contributed by atoms with van der Waals surface area (Å²) < 4.78 is 5.65. The minimum atomic E-state index is -0.794. The number of hydrogen-bond donors (Lipinski definition) is 1. The number of carbonyl (C=O) groups excluding carboxylic acids is 2. The summed E-state index contributed by atoms with van der Waals surface area (Å²) in [6.07, 6.45) is 4.99. The normalized spacial score (nSPS) is 36.0. The van der Waals surface area contributed by atoms with Gasteiger partial charge in [0, 0.05) is 5.56 Å². The van der Waals surface area contributed by atoms with Crippen molar-refractivity contribution in [2.75, 3.05) is 0 Å². The number of Topliss-reactive ketones (excluding diaryl/α,β-unsaturated/α-hetero) is 1. The van der Waals surface area contributed by atoms with Crippen molar-refractivity contribution in [2.45, 2.75) is 70.5 Å². The lowest BCUT2D eigenvalue weighted by Crippen LogP contribution is -2.58. The summed E-state index contributed by atoms with van der Waals surface area (Å²) in [5.41, 5.74) is 0.464. The van der Waals surface area contributed by atoms with Crippen LogP contribution in [0.15, 0.2) is 24.3 Å². The molecule has 1 aromatic rings. The Morgan fingerprint density at radius 3 is 2.31 bits per heavy atom. The lowest BCUT2D eigenvalue weighted by atomic mass is 9.48. The van der Waals surface area contributed by atoms with E-state index in [9.17, 15) is 14.7 Å². The Morgan fingerprint density at radius 2 is 1.77 bits per heavy atom. The second kappa shape index (κ2) is 6.19. The molecule has 5 atom stereocenters. The van der Waals surface area contributed by atoms with E-state index in [0.29, 0.717) is 23.8 Å². The number of esters is 1. The molecule has 0 aromatic heterocycles. The first kappa shape index (κ1) is 17.7. The molecule has 0 spiro atoms. The largest absolute Gasteiger partial charge is 0.454 e. The monoisotopic (exact) mass is 356 g/mol. The first-order valence-corrected chi connectivity index (χ1v) is 9.89. The van der Waals surface area contributed by atoms with E-state index >= 15 is 0 Å². The molecule has 2 unspecified atom stereocenters. The Labute approximate surface area is 154 Å². The van der Waals surface area contributed by atoms with E-state index in [1.807, 2.05) is 12.1 Å². The van der Waals surface area contributed by atoms with E-state index in [4.69, 9.17) is 4.74 Å². The van der Waals surface area contributed by atoms with E-state index < -0.39 is 17.1 Å². The summed E-state index contributed by atoms with van der Waals surface area (Å²) in [6.45, 7) is 3.73. The molecule has 4 bridgehead atoms. The van der Waals surface area contributed by atoms with Crippen LogP contribution in [-0.2, 0) is 16.0 Å². The topological polar surface area (TPSA) is 63.6 Å². The highest BCUT2D eigenvalue weighted by atomic mass is 16.5. The fourth-order valence-corrected chi connectivity index (χ4v) is 5.93. The third-order valence-corrected chi connectivity index (χ3v) is 6.76. The van der Waals surface area contributed by atoms with E-state index in [1.165, 1.54) is 5.56 Å². The molecule has 0 radical (unpaired) electrons. The van der Waals surface area contributed by atoms with E-state index in [-0.39, 0.29) is 11.8 Å². The molecule has 1 N–H and O–H groups in total. The van der Waals surface area contributed by atoms with Crippen molar-refractivity contribution in [3.63, 3.8) is 0 Å². The van der Waals surface area contributed by atoms with Gasteiger partial charge in [-0.25, -0.2) is 0 Å². The fourth-order valence-electron chi connectivity index (χ4n) is 5.93. The molecule has 4 aliphatic rings. The highest BCUT2D eigenvalue weighted by Crippen LogP contribution is 2.62. The molecule has 4 saturated carbocycles. The van der Waals surface area contributed by atoms with Crippen LogP contribution in [-0.4, -0.2) is 28.6 Å². The Hall–Kier alpha value is -1.68. The van der Waals surface area contributed by atoms with Crippen LogP contribution in [0.2, 0.25) is 0 Å². The first-order valence-electron chi connectivity index (χ1n) is 9.89. The number of benzene rings is 1. The molecular weight excluding hydrogens is 328 g/mol. The predicted molar refractivity (Wildman–Crippen MR) is 97.8 cm³/mol. The Bertz CT molecular complexity index is 706. The number of ether oxygens (including phenoxy) is 1. The molecule has 4 nitrogen and oxygen atoms in total. The molecule has 4 fully saturated rings. The molecule has 140 valence electrons. The zero-order valence-electron chi connectivity index (χ0n) is 15.7. The number of carbonyl (C=O) groups is 2. The van der Waals surface area contributed by atoms with Crippen LogP contribution in [0, 0.1) is 17.3 Å². The zero-order valence-corrected chi connectivity index (χ0v) is 15.7. The van der Waals surface area contributed by atoms with Crippen molar-refractivity contribution < 1.29 is 19.4 Å². The van der Waals surface area contributed by atoms with Crippen LogP contribution in [0.4, 0.5) is 0 Å². The standard InChI is InChI=1S/C22H28O4/c1-3-15-4-6-18(7-5-15)19(23)14(2)26-20(24)21-9-16-8-17(10-21)12-22(25,11-16)13-21/h4-7,14,16-17,25H,3,8-13H2,1-2H3/t14-,16-,17+,21?,22?/m0/s1.